The molecule has 0 N–H and O–H groups in total. The maximum Gasteiger partial charge on any atom is -0.00675 e. The molecule has 0 unspecified atom stereocenters. The van der Waals surface area contributed by atoms with Crippen LogP contribution in [-0.2, 0) is 0 Å². The minimum absolute atomic E-state index is 1.12. The lowest BCUT2D eigenvalue weighted by molar-refractivity contribution is 0.612. The second kappa shape index (κ2) is 16.4. The van der Waals surface area contributed by atoms with E-state index in [0.717, 1.165) is 6.42 Å². The third-order valence-corrected chi connectivity index (χ3v) is 4.34. The minimum atomic E-state index is 1.12. The smallest absolute Gasteiger partial charge is 0.00675 e. The molecule has 0 rings (SSSR count). The first kappa shape index (κ1) is 17.4. The van der Waals surface area contributed by atoms with E-state index in [1.165, 1.54) is 82.1 Å². The van der Waals surface area contributed by atoms with Crippen LogP contribution in [-0.4, -0.2) is 11.5 Å². The Kier molecular flexibility index (Phi) is 16.7. The highest BCUT2D eigenvalue weighted by atomic mass is 32.2. The highest BCUT2D eigenvalue weighted by Crippen LogP contribution is 2.13. The monoisotopic (exact) mass is 257 g/mol. The van der Waals surface area contributed by atoms with Gasteiger partial charge in [0.15, 0.2) is 0 Å². The third kappa shape index (κ3) is 16.4. The molecule has 0 atom stereocenters. The molecule has 0 aromatic rings. The van der Waals surface area contributed by atoms with Crippen molar-refractivity contribution in [2.75, 3.05) is 11.5 Å². The summed E-state index contributed by atoms with van der Waals surface area (Å²) < 4.78 is 0. The summed E-state index contributed by atoms with van der Waals surface area (Å²) >= 11 is 2.17. The largest absolute Gasteiger partial charge is 0.162 e. The molecule has 0 saturated carbocycles. The van der Waals surface area contributed by atoms with Crippen molar-refractivity contribution in [1.29, 1.82) is 0 Å². The highest BCUT2D eigenvalue weighted by molar-refractivity contribution is 7.99. The highest BCUT2D eigenvalue weighted by Gasteiger charge is 1.93. The summed E-state index contributed by atoms with van der Waals surface area (Å²) in [6.45, 7) is 6.16. The van der Waals surface area contributed by atoms with E-state index in [0.29, 0.717) is 0 Å². The van der Waals surface area contributed by atoms with Crippen LogP contribution >= 0.6 is 11.8 Å². The molecule has 0 aromatic heterocycles. The molecule has 1 heteroatoms. The number of unbranched alkanes of at least 4 members (excludes halogenated alkanes) is 10. The summed E-state index contributed by atoms with van der Waals surface area (Å²) in [5.74, 6) is 2.79. The van der Waals surface area contributed by atoms with Gasteiger partial charge in [-0.15, -0.1) is 0 Å². The Morgan fingerprint density at radius 3 is 1.65 bits per heavy atom. The zero-order chi connectivity index (χ0) is 12.6. The maximum atomic E-state index is 3.88. The van der Waals surface area contributed by atoms with E-state index in [9.17, 15) is 0 Å². The second-order valence-electron chi connectivity index (χ2n) is 5.00. The first-order valence-corrected chi connectivity index (χ1v) is 8.94. The molecule has 17 heavy (non-hydrogen) atoms. The van der Waals surface area contributed by atoms with Gasteiger partial charge in [0.1, 0.15) is 0 Å². The predicted molar refractivity (Wildman–Crippen MR) is 83.8 cm³/mol. The Morgan fingerprint density at radius 2 is 1.12 bits per heavy atom. The van der Waals surface area contributed by atoms with Gasteiger partial charge in [-0.1, -0.05) is 78.1 Å². The summed E-state index contributed by atoms with van der Waals surface area (Å²) in [6.07, 6.45) is 16.7. The van der Waals surface area contributed by atoms with Crippen molar-refractivity contribution in [2.45, 2.75) is 84.0 Å². The molecule has 0 spiro atoms. The number of hydrogen-bond acceptors (Lipinski definition) is 1. The zero-order valence-corrected chi connectivity index (χ0v) is 12.8. The van der Waals surface area contributed by atoms with Crippen LogP contribution in [0, 0.1) is 6.92 Å². The van der Waals surface area contributed by atoms with Crippen molar-refractivity contribution in [1.82, 2.24) is 0 Å². The van der Waals surface area contributed by atoms with Crippen LogP contribution in [0.15, 0.2) is 0 Å². The molecule has 0 fully saturated rings. The van der Waals surface area contributed by atoms with E-state index in [-0.39, 0.29) is 0 Å². The Bertz CT molecular complexity index is 109. The molecule has 103 valence electrons. The Balaban J connectivity index is 2.85. The molecular weight excluding hydrogens is 224 g/mol. The molecule has 0 amide bonds. The lowest BCUT2D eigenvalue weighted by Gasteiger charge is -2.02. The summed E-state index contributed by atoms with van der Waals surface area (Å²) in [7, 11) is 0. The van der Waals surface area contributed by atoms with Crippen LogP contribution < -0.4 is 0 Å². The SMILES string of the molecule is [CH2]CCCCCCCCSCCCCCCC. The fourth-order valence-corrected chi connectivity index (χ4v) is 3.02. The van der Waals surface area contributed by atoms with Crippen LogP contribution in [0.3, 0.4) is 0 Å². The number of rotatable bonds is 14. The predicted octanol–water partition coefficient (Wildman–Crippen LogP) is 6.25. The quantitative estimate of drug-likeness (QED) is 0.331. The third-order valence-electron chi connectivity index (χ3n) is 3.18. The second-order valence-corrected chi connectivity index (χ2v) is 6.23. The van der Waals surface area contributed by atoms with Gasteiger partial charge in [0.2, 0.25) is 0 Å². The van der Waals surface area contributed by atoms with Gasteiger partial charge < -0.3 is 0 Å². The van der Waals surface area contributed by atoms with Crippen molar-refractivity contribution in [2.24, 2.45) is 0 Å². The fraction of sp³-hybridized carbons (Fsp3) is 0.938. The molecular formula is C16H33S. The molecule has 0 saturated heterocycles. The standard InChI is InChI=1S/C16H33S/c1-3-5-7-9-10-12-14-16-17-15-13-11-8-6-4-2/h1,3-16H2,2H3. The van der Waals surface area contributed by atoms with Gasteiger partial charge in [-0.2, -0.15) is 11.8 Å². The molecule has 0 aliphatic rings. The maximum absolute atomic E-state index is 3.88. The Morgan fingerprint density at radius 1 is 0.647 bits per heavy atom. The van der Waals surface area contributed by atoms with Gasteiger partial charge in [-0.3, -0.25) is 0 Å². The summed E-state index contributed by atoms with van der Waals surface area (Å²) in [4.78, 5) is 0. The molecule has 0 nitrogen and oxygen atoms in total. The van der Waals surface area contributed by atoms with E-state index in [1.807, 2.05) is 0 Å². The topological polar surface area (TPSA) is 0 Å². The molecule has 0 aliphatic carbocycles. The van der Waals surface area contributed by atoms with Crippen molar-refractivity contribution in [3.8, 4) is 0 Å². The van der Waals surface area contributed by atoms with Gasteiger partial charge in [0, 0.05) is 0 Å². The summed E-state index contributed by atoms with van der Waals surface area (Å²) in [5, 5.41) is 0. The molecule has 0 bridgehead atoms. The van der Waals surface area contributed by atoms with Crippen molar-refractivity contribution >= 4 is 11.8 Å². The van der Waals surface area contributed by atoms with E-state index in [1.54, 1.807) is 0 Å². The minimum Gasteiger partial charge on any atom is -0.162 e. The lowest BCUT2D eigenvalue weighted by atomic mass is 10.1. The van der Waals surface area contributed by atoms with Crippen molar-refractivity contribution in [3.63, 3.8) is 0 Å². The Hall–Kier alpha value is 0.350. The van der Waals surface area contributed by atoms with Crippen LogP contribution in [0.25, 0.3) is 0 Å². The van der Waals surface area contributed by atoms with Gasteiger partial charge in [0.05, 0.1) is 0 Å². The van der Waals surface area contributed by atoms with E-state index < -0.39 is 0 Å². The average molecular weight is 258 g/mol. The van der Waals surface area contributed by atoms with Gasteiger partial charge >= 0.3 is 0 Å². The normalized spacial score (nSPS) is 10.9. The van der Waals surface area contributed by atoms with Crippen LogP contribution in [0.2, 0.25) is 0 Å². The fourth-order valence-electron chi connectivity index (χ4n) is 2.00. The number of hydrogen-bond donors (Lipinski definition) is 0. The Labute approximate surface area is 114 Å². The van der Waals surface area contributed by atoms with Gasteiger partial charge in [-0.25, -0.2) is 0 Å². The van der Waals surface area contributed by atoms with E-state index in [2.05, 4.69) is 25.6 Å². The average Bonchev–Trinajstić information content (AvgIpc) is 2.35. The molecule has 0 aliphatic heterocycles. The first-order chi connectivity index (χ1) is 8.41. The van der Waals surface area contributed by atoms with Crippen LogP contribution in [0.1, 0.15) is 84.0 Å². The zero-order valence-electron chi connectivity index (χ0n) is 12.0. The van der Waals surface area contributed by atoms with E-state index in [4.69, 9.17) is 0 Å². The van der Waals surface area contributed by atoms with Crippen LogP contribution in [0.5, 0.6) is 0 Å². The van der Waals surface area contributed by atoms with Gasteiger partial charge in [-0.05, 0) is 24.3 Å². The molecule has 0 aromatic carbocycles. The first-order valence-electron chi connectivity index (χ1n) is 7.78. The van der Waals surface area contributed by atoms with Gasteiger partial charge in [0.25, 0.3) is 0 Å². The lowest BCUT2D eigenvalue weighted by Crippen LogP contribution is -1.86. The van der Waals surface area contributed by atoms with Crippen molar-refractivity contribution in [3.05, 3.63) is 6.92 Å². The molecule has 0 heterocycles. The summed E-state index contributed by atoms with van der Waals surface area (Å²) in [5.41, 5.74) is 0. The number of thioether (sulfide) groups is 1. The van der Waals surface area contributed by atoms with Crippen LogP contribution in [0.4, 0.5) is 0 Å². The van der Waals surface area contributed by atoms with E-state index >= 15 is 0 Å². The summed E-state index contributed by atoms with van der Waals surface area (Å²) in [6, 6.07) is 0. The molecule has 1 radical (unpaired) electrons. The van der Waals surface area contributed by atoms with Crippen molar-refractivity contribution < 1.29 is 0 Å².